The van der Waals surface area contributed by atoms with Crippen LogP contribution < -0.4 is 0 Å². The molecule has 0 spiro atoms. The zero-order chi connectivity index (χ0) is 21.1. The van der Waals surface area contributed by atoms with Crippen LogP contribution in [0.3, 0.4) is 0 Å². The van der Waals surface area contributed by atoms with Crippen molar-refractivity contribution >= 4 is 22.0 Å². The van der Waals surface area contributed by atoms with Crippen LogP contribution in [0.4, 0.5) is 0 Å². The van der Waals surface area contributed by atoms with Crippen LogP contribution >= 0.6 is 0 Å². The summed E-state index contributed by atoms with van der Waals surface area (Å²) in [5.41, 5.74) is -0.831. The molecule has 9 heteroatoms. The lowest BCUT2D eigenvalue weighted by molar-refractivity contribution is -0.151. The topological polar surface area (TPSA) is 103 Å². The van der Waals surface area contributed by atoms with Crippen molar-refractivity contribution < 1.29 is 27.5 Å². The maximum Gasteiger partial charge on any atom is 0.338 e. The molecule has 0 saturated carbocycles. The Labute approximate surface area is 164 Å². The van der Waals surface area contributed by atoms with E-state index in [4.69, 9.17) is 9.47 Å². The standard InChI is InChI=1S/C19H22N2O6S/c1-13-9-10-14(12-15(13)17(22)26-4)28(24,25)21(3)19(2,18(23)27-5)16-8-6-7-11-20-16/h6-12H,1-5H3/t19-/m0/s1. The van der Waals surface area contributed by atoms with E-state index < -0.39 is 27.5 Å². The molecule has 2 rings (SSSR count). The number of nitrogens with zero attached hydrogens (tertiary/aromatic N) is 2. The number of pyridine rings is 1. The maximum atomic E-state index is 13.3. The third-order valence-corrected chi connectivity index (χ3v) is 6.58. The smallest absolute Gasteiger partial charge is 0.338 e. The van der Waals surface area contributed by atoms with E-state index in [2.05, 4.69) is 4.98 Å². The van der Waals surface area contributed by atoms with Crippen LogP contribution in [0.5, 0.6) is 0 Å². The molecule has 28 heavy (non-hydrogen) atoms. The monoisotopic (exact) mass is 406 g/mol. The molecule has 0 unspecified atom stereocenters. The van der Waals surface area contributed by atoms with E-state index >= 15 is 0 Å². The number of hydrogen-bond acceptors (Lipinski definition) is 7. The van der Waals surface area contributed by atoms with Gasteiger partial charge in [0, 0.05) is 13.2 Å². The van der Waals surface area contributed by atoms with Gasteiger partial charge in [0.05, 0.1) is 30.4 Å². The first-order valence-electron chi connectivity index (χ1n) is 8.28. The first-order chi connectivity index (χ1) is 13.1. The summed E-state index contributed by atoms with van der Waals surface area (Å²) >= 11 is 0. The molecular formula is C19H22N2O6S. The van der Waals surface area contributed by atoms with Crippen LogP contribution in [0.15, 0.2) is 47.5 Å². The molecule has 1 heterocycles. The number of sulfonamides is 1. The predicted molar refractivity (Wildman–Crippen MR) is 101 cm³/mol. The van der Waals surface area contributed by atoms with E-state index in [0.29, 0.717) is 5.56 Å². The minimum atomic E-state index is -4.20. The van der Waals surface area contributed by atoms with Crippen molar-refractivity contribution in [1.29, 1.82) is 0 Å². The number of esters is 2. The molecule has 0 amide bonds. The highest BCUT2D eigenvalue weighted by atomic mass is 32.2. The number of carbonyl (C=O) groups is 2. The van der Waals surface area contributed by atoms with E-state index in [1.54, 1.807) is 19.1 Å². The number of rotatable bonds is 6. The second-order valence-electron chi connectivity index (χ2n) is 6.22. The van der Waals surface area contributed by atoms with Gasteiger partial charge in [-0.15, -0.1) is 0 Å². The molecule has 1 atom stereocenters. The number of aromatic nitrogens is 1. The average Bonchev–Trinajstić information content (AvgIpc) is 2.72. The molecule has 8 nitrogen and oxygen atoms in total. The largest absolute Gasteiger partial charge is 0.467 e. The van der Waals surface area contributed by atoms with Gasteiger partial charge in [-0.1, -0.05) is 12.1 Å². The molecule has 0 bridgehead atoms. The second kappa shape index (κ2) is 8.07. The average molecular weight is 406 g/mol. The van der Waals surface area contributed by atoms with Gasteiger partial charge in [0.25, 0.3) is 0 Å². The number of methoxy groups -OCH3 is 2. The van der Waals surface area contributed by atoms with Crippen molar-refractivity contribution in [3.8, 4) is 0 Å². The number of likely N-dealkylation sites (N-methyl/N-ethyl adjacent to an activating group) is 1. The fraction of sp³-hybridized carbons (Fsp3) is 0.316. The Balaban J connectivity index is 2.63. The molecular weight excluding hydrogens is 384 g/mol. The Morgan fingerprint density at radius 2 is 1.79 bits per heavy atom. The van der Waals surface area contributed by atoms with Crippen LogP contribution in [0.1, 0.15) is 28.5 Å². The number of ether oxygens (including phenoxy) is 2. The summed E-state index contributed by atoms with van der Waals surface area (Å²) in [6.07, 6.45) is 1.46. The molecule has 150 valence electrons. The van der Waals surface area contributed by atoms with E-state index in [0.717, 1.165) is 4.31 Å². The van der Waals surface area contributed by atoms with E-state index in [9.17, 15) is 18.0 Å². The van der Waals surface area contributed by atoms with Crippen molar-refractivity contribution in [3.05, 3.63) is 59.4 Å². The Morgan fingerprint density at radius 3 is 2.32 bits per heavy atom. The summed E-state index contributed by atoms with van der Waals surface area (Å²) in [7, 11) is -0.549. The van der Waals surface area contributed by atoms with Gasteiger partial charge in [0.1, 0.15) is 0 Å². The highest BCUT2D eigenvalue weighted by Crippen LogP contribution is 2.32. The number of carbonyl (C=O) groups excluding carboxylic acids is 2. The van der Waals surface area contributed by atoms with Gasteiger partial charge >= 0.3 is 11.9 Å². The molecule has 0 aliphatic rings. The molecule has 0 aliphatic carbocycles. The third-order valence-electron chi connectivity index (χ3n) is 4.65. The zero-order valence-electron chi connectivity index (χ0n) is 16.3. The maximum absolute atomic E-state index is 13.3. The van der Waals surface area contributed by atoms with E-state index in [1.165, 1.54) is 58.7 Å². The fourth-order valence-electron chi connectivity index (χ4n) is 2.73. The Bertz CT molecular complexity index is 991. The zero-order valence-corrected chi connectivity index (χ0v) is 17.1. The highest BCUT2D eigenvalue weighted by molar-refractivity contribution is 7.89. The minimum absolute atomic E-state index is 0.120. The lowest BCUT2D eigenvalue weighted by atomic mass is 9.97. The van der Waals surface area contributed by atoms with Crippen molar-refractivity contribution in [2.75, 3.05) is 21.3 Å². The summed E-state index contributed by atoms with van der Waals surface area (Å²) in [5, 5.41) is 0. The molecule has 0 aliphatic heterocycles. The normalized spacial score (nSPS) is 13.6. The molecule has 0 saturated heterocycles. The summed E-state index contributed by atoms with van der Waals surface area (Å²) in [4.78, 5) is 28.5. The Kier molecular flexibility index (Phi) is 6.20. The number of benzene rings is 1. The quantitative estimate of drug-likeness (QED) is 0.675. The van der Waals surface area contributed by atoms with Crippen molar-refractivity contribution in [2.24, 2.45) is 0 Å². The summed E-state index contributed by atoms with van der Waals surface area (Å²) in [6.45, 7) is 3.08. The second-order valence-corrected chi connectivity index (χ2v) is 8.19. The molecule has 2 aromatic rings. The van der Waals surface area contributed by atoms with Crippen LogP contribution in [0.2, 0.25) is 0 Å². The van der Waals surface area contributed by atoms with E-state index in [1.807, 2.05) is 0 Å². The fourth-order valence-corrected chi connectivity index (χ4v) is 4.21. The molecule has 1 aromatic carbocycles. The summed E-state index contributed by atoms with van der Waals surface area (Å²) in [5.74, 6) is -1.45. The predicted octanol–water partition coefficient (Wildman–Crippen LogP) is 1.89. The summed E-state index contributed by atoms with van der Waals surface area (Å²) in [6, 6.07) is 8.93. The molecule has 0 fully saturated rings. The lowest BCUT2D eigenvalue weighted by Crippen LogP contribution is -2.51. The van der Waals surface area contributed by atoms with Gasteiger partial charge in [-0.25, -0.2) is 18.0 Å². The lowest BCUT2D eigenvalue weighted by Gasteiger charge is -2.34. The minimum Gasteiger partial charge on any atom is -0.467 e. The molecule has 1 aromatic heterocycles. The van der Waals surface area contributed by atoms with E-state index in [-0.39, 0.29) is 16.2 Å². The molecule has 0 radical (unpaired) electrons. The van der Waals surface area contributed by atoms with Crippen LogP contribution in [0.25, 0.3) is 0 Å². The SMILES string of the molecule is COC(=O)c1cc(S(=O)(=O)N(C)[C@](C)(C(=O)OC)c2ccccn2)ccc1C. The van der Waals surface area contributed by atoms with Gasteiger partial charge in [-0.3, -0.25) is 4.98 Å². The summed E-state index contributed by atoms with van der Waals surface area (Å²) < 4.78 is 37.0. The van der Waals surface area contributed by atoms with Gasteiger partial charge < -0.3 is 9.47 Å². The first kappa shape index (κ1) is 21.5. The van der Waals surface area contributed by atoms with Crippen molar-refractivity contribution in [1.82, 2.24) is 9.29 Å². The van der Waals surface area contributed by atoms with Gasteiger partial charge in [-0.05, 0) is 43.7 Å². The van der Waals surface area contributed by atoms with Crippen molar-refractivity contribution in [2.45, 2.75) is 24.3 Å². The first-order valence-corrected chi connectivity index (χ1v) is 9.72. The Hall–Kier alpha value is -2.78. The van der Waals surface area contributed by atoms with Crippen LogP contribution in [-0.2, 0) is 29.8 Å². The highest BCUT2D eigenvalue weighted by Gasteiger charge is 2.47. The van der Waals surface area contributed by atoms with Crippen LogP contribution in [-0.4, -0.2) is 50.9 Å². The number of hydrogen-bond donors (Lipinski definition) is 0. The molecule has 0 N–H and O–H groups in total. The van der Waals surface area contributed by atoms with Crippen LogP contribution in [0, 0.1) is 6.92 Å². The Morgan fingerprint density at radius 1 is 1.11 bits per heavy atom. The van der Waals surface area contributed by atoms with Crippen molar-refractivity contribution in [3.63, 3.8) is 0 Å². The third kappa shape index (κ3) is 3.63. The number of aryl methyl sites for hydroxylation is 1. The van der Waals surface area contributed by atoms with Gasteiger partial charge in [0.2, 0.25) is 10.0 Å². The van der Waals surface area contributed by atoms with Gasteiger partial charge in [0.15, 0.2) is 5.54 Å². The van der Waals surface area contributed by atoms with Gasteiger partial charge in [-0.2, -0.15) is 4.31 Å².